The molecule has 1 unspecified atom stereocenters. The largest absolute Gasteiger partial charge is 0.379 e. The molecule has 2 aliphatic rings. The van der Waals surface area contributed by atoms with E-state index in [1.807, 2.05) is 0 Å². The van der Waals surface area contributed by atoms with Gasteiger partial charge in [-0.1, -0.05) is 0 Å². The highest BCUT2D eigenvalue weighted by Gasteiger charge is 2.23. The minimum absolute atomic E-state index is 0.451. The third-order valence-corrected chi connectivity index (χ3v) is 4.90. The van der Waals surface area contributed by atoms with Crippen molar-refractivity contribution < 1.29 is 13.2 Å². The molecule has 0 radical (unpaired) electrons. The van der Waals surface area contributed by atoms with E-state index in [2.05, 4.69) is 10.2 Å². The van der Waals surface area contributed by atoms with E-state index in [0.29, 0.717) is 19.1 Å². The number of piperazine rings is 1. The molecule has 2 rings (SSSR count). The van der Waals surface area contributed by atoms with Crippen LogP contribution in [0.15, 0.2) is 0 Å². The predicted molar refractivity (Wildman–Crippen MR) is 70.1 cm³/mol. The van der Waals surface area contributed by atoms with E-state index < -0.39 is 10.0 Å². The van der Waals surface area contributed by atoms with Crippen molar-refractivity contribution in [2.45, 2.75) is 12.5 Å². The lowest BCUT2D eigenvalue weighted by atomic mass is 10.2. The van der Waals surface area contributed by atoms with Gasteiger partial charge in [-0.25, -0.2) is 8.42 Å². The molecule has 18 heavy (non-hydrogen) atoms. The van der Waals surface area contributed by atoms with Crippen LogP contribution in [0.2, 0.25) is 0 Å². The van der Waals surface area contributed by atoms with Gasteiger partial charge in [-0.15, -0.1) is 0 Å². The fraction of sp³-hybridized carbons (Fsp3) is 1.00. The molecule has 0 amide bonds. The Morgan fingerprint density at radius 2 is 2.00 bits per heavy atom. The van der Waals surface area contributed by atoms with E-state index in [4.69, 9.17) is 4.74 Å². The SMILES string of the molecule is CS(=O)(=O)N1CCN(CCC2COCCN2)CC1. The van der Waals surface area contributed by atoms with Gasteiger partial charge in [-0.3, -0.25) is 0 Å². The predicted octanol–water partition coefficient (Wildman–Crippen LogP) is -1.06. The summed E-state index contributed by atoms with van der Waals surface area (Å²) in [7, 11) is -3.01. The minimum atomic E-state index is -3.01. The average Bonchev–Trinajstić information content (AvgIpc) is 2.37. The molecule has 106 valence electrons. The molecular weight excluding hydrogens is 254 g/mol. The highest BCUT2D eigenvalue weighted by Crippen LogP contribution is 2.08. The van der Waals surface area contributed by atoms with Crippen LogP contribution in [-0.2, 0) is 14.8 Å². The molecule has 6 nitrogen and oxygen atoms in total. The van der Waals surface area contributed by atoms with Gasteiger partial charge in [0.2, 0.25) is 10.0 Å². The summed E-state index contributed by atoms with van der Waals surface area (Å²) < 4.78 is 29.7. The number of rotatable bonds is 4. The fourth-order valence-electron chi connectivity index (χ4n) is 2.43. The Kier molecular flexibility index (Phi) is 4.97. The molecule has 2 aliphatic heterocycles. The molecule has 0 aromatic rings. The number of ether oxygens (including phenoxy) is 1. The number of sulfonamides is 1. The highest BCUT2D eigenvalue weighted by molar-refractivity contribution is 7.88. The van der Waals surface area contributed by atoms with E-state index >= 15 is 0 Å². The van der Waals surface area contributed by atoms with Crippen molar-refractivity contribution in [3.63, 3.8) is 0 Å². The van der Waals surface area contributed by atoms with Gasteiger partial charge in [-0.05, 0) is 13.0 Å². The van der Waals surface area contributed by atoms with Crippen LogP contribution in [0, 0.1) is 0 Å². The Hall–Kier alpha value is -0.210. The maximum Gasteiger partial charge on any atom is 0.211 e. The maximum atomic E-state index is 11.4. The van der Waals surface area contributed by atoms with Gasteiger partial charge in [0.25, 0.3) is 0 Å². The third-order valence-electron chi connectivity index (χ3n) is 3.59. The molecule has 2 heterocycles. The summed E-state index contributed by atoms with van der Waals surface area (Å²) in [6.45, 7) is 6.46. The zero-order valence-electron chi connectivity index (χ0n) is 11.0. The third kappa shape index (κ3) is 4.17. The molecule has 1 N–H and O–H groups in total. The van der Waals surface area contributed by atoms with Gasteiger partial charge in [0.1, 0.15) is 0 Å². The first-order valence-electron chi connectivity index (χ1n) is 6.54. The summed E-state index contributed by atoms with van der Waals surface area (Å²) in [5.41, 5.74) is 0. The molecule has 0 saturated carbocycles. The van der Waals surface area contributed by atoms with Crippen LogP contribution in [0.5, 0.6) is 0 Å². The summed E-state index contributed by atoms with van der Waals surface area (Å²) in [6.07, 6.45) is 2.35. The lowest BCUT2D eigenvalue weighted by molar-refractivity contribution is 0.0680. The van der Waals surface area contributed by atoms with Crippen LogP contribution >= 0.6 is 0 Å². The number of morpholine rings is 1. The monoisotopic (exact) mass is 277 g/mol. The van der Waals surface area contributed by atoms with Crippen molar-refractivity contribution in [3.05, 3.63) is 0 Å². The van der Waals surface area contributed by atoms with Crippen LogP contribution in [0.3, 0.4) is 0 Å². The second-order valence-corrected chi connectivity index (χ2v) is 7.00. The standard InChI is InChI=1S/C11H23N3O3S/c1-18(15,16)14-7-5-13(6-8-14)4-2-11-10-17-9-3-12-11/h11-12H,2-10H2,1H3. The first-order valence-corrected chi connectivity index (χ1v) is 8.39. The normalized spacial score (nSPS) is 28.4. The van der Waals surface area contributed by atoms with E-state index in [1.165, 1.54) is 6.26 Å². The van der Waals surface area contributed by atoms with Crippen molar-refractivity contribution in [1.82, 2.24) is 14.5 Å². The fourth-order valence-corrected chi connectivity index (χ4v) is 3.25. The number of hydrogen-bond donors (Lipinski definition) is 1. The second kappa shape index (κ2) is 6.29. The van der Waals surface area contributed by atoms with Crippen LogP contribution in [-0.4, -0.2) is 82.4 Å². The summed E-state index contributed by atoms with van der Waals surface area (Å²) in [4.78, 5) is 2.33. The molecule has 0 aliphatic carbocycles. The van der Waals surface area contributed by atoms with Crippen LogP contribution in [0.4, 0.5) is 0 Å². The van der Waals surface area contributed by atoms with Gasteiger partial charge < -0.3 is 15.0 Å². The molecule has 2 saturated heterocycles. The zero-order valence-corrected chi connectivity index (χ0v) is 11.8. The molecule has 0 spiro atoms. The minimum Gasteiger partial charge on any atom is -0.379 e. The summed E-state index contributed by atoms with van der Waals surface area (Å²) in [5.74, 6) is 0. The van der Waals surface area contributed by atoms with Gasteiger partial charge in [0.05, 0.1) is 19.5 Å². The Bertz CT molecular complexity index is 347. The molecule has 0 aromatic heterocycles. The second-order valence-electron chi connectivity index (χ2n) is 5.02. The molecule has 1 atom stereocenters. The van der Waals surface area contributed by atoms with E-state index in [0.717, 1.165) is 45.8 Å². The molecule has 0 bridgehead atoms. The lowest BCUT2D eigenvalue weighted by Crippen LogP contribution is -2.50. The van der Waals surface area contributed by atoms with Crippen molar-refractivity contribution in [2.24, 2.45) is 0 Å². The average molecular weight is 277 g/mol. The van der Waals surface area contributed by atoms with Crippen LogP contribution in [0.25, 0.3) is 0 Å². The maximum absolute atomic E-state index is 11.4. The Morgan fingerprint density at radius 3 is 2.56 bits per heavy atom. The number of hydrogen-bond acceptors (Lipinski definition) is 5. The van der Waals surface area contributed by atoms with E-state index in [9.17, 15) is 8.42 Å². The van der Waals surface area contributed by atoms with E-state index in [1.54, 1.807) is 4.31 Å². The Balaban J connectivity index is 1.67. The first-order chi connectivity index (χ1) is 8.55. The molecular formula is C11H23N3O3S. The molecule has 7 heteroatoms. The van der Waals surface area contributed by atoms with Gasteiger partial charge in [0.15, 0.2) is 0 Å². The van der Waals surface area contributed by atoms with Gasteiger partial charge in [-0.2, -0.15) is 4.31 Å². The first kappa shape index (κ1) is 14.2. The smallest absolute Gasteiger partial charge is 0.211 e. The van der Waals surface area contributed by atoms with E-state index in [-0.39, 0.29) is 0 Å². The summed E-state index contributed by atoms with van der Waals surface area (Å²) in [6, 6.07) is 0.451. The van der Waals surface area contributed by atoms with Crippen LogP contribution < -0.4 is 5.32 Å². The summed E-state index contributed by atoms with van der Waals surface area (Å²) >= 11 is 0. The van der Waals surface area contributed by atoms with Crippen molar-refractivity contribution in [3.8, 4) is 0 Å². The highest BCUT2D eigenvalue weighted by atomic mass is 32.2. The number of nitrogens with one attached hydrogen (secondary N) is 1. The lowest BCUT2D eigenvalue weighted by Gasteiger charge is -2.34. The van der Waals surface area contributed by atoms with Crippen molar-refractivity contribution >= 4 is 10.0 Å². The number of nitrogens with zero attached hydrogens (tertiary/aromatic N) is 2. The van der Waals surface area contributed by atoms with Crippen molar-refractivity contribution in [2.75, 3.05) is 58.7 Å². The quantitative estimate of drug-likeness (QED) is 0.710. The Morgan fingerprint density at radius 1 is 1.28 bits per heavy atom. The topological polar surface area (TPSA) is 61.9 Å². The Labute approximate surface area is 109 Å². The van der Waals surface area contributed by atoms with Gasteiger partial charge in [0, 0.05) is 38.8 Å². The van der Waals surface area contributed by atoms with Crippen molar-refractivity contribution in [1.29, 1.82) is 0 Å². The van der Waals surface area contributed by atoms with Crippen LogP contribution in [0.1, 0.15) is 6.42 Å². The summed E-state index contributed by atoms with van der Waals surface area (Å²) in [5, 5.41) is 3.43. The molecule has 2 fully saturated rings. The zero-order chi connectivity index (χ0) is 13.0. The molecule has 0 aromatic carbocycles. The van der Waals surface area contributed by atoms with Gasteiger partial charge >= 0.3 is 0 Å².